The van der Waals surface area contributed by atoms with Gasteiger partial charge in [-0.15, -0.1) is 0 Å². The molecule has 0 saturated carbocycles. The quantitative estimate of drug-likeness (QED) is 0.732. The van der Waals surface area contributed by atoms with Crippen LogP contribution >= 0.6 is 0 Å². The number of rotatable bonds is 1. The largest absolute Gasteiger partial charge is 0.508 e. The van der Waals surface area contributed by atoms with Crippen molar-refractivity contribution >= 4 is 11.5 Å². The second-order valence-corrected chi connectivity index (χ2v) is 3.58. The van der Waals surface area contributed by atoms with Crippen molar-refractivity contribution in [1.29, 1.82) is 0 Å². The summed E-state index contributed by atoms with van der Waals surface area (Å²) in [5, 5.41) is 9.12. The standard InChI is InChI=1S/C11H13NO2/c13-10-5-3-9(4-6-10)12-7-1-2-11(14)8-12/h3-6,13H,1-2,7-8H2. The zero-order valence-corrected chi connectivity index (χ0v) is 7.94. The summed E-state index contributed by atoms with van der Waals surface area (Å²) in [5.41, 5.74) is 1.01. The average molecular weight is 191 g/mol. The molecule has 1 N–H and O–H groups in total. The first-order valence-corrected chi connectivity index (χ1v) is 4.81. The topological polar surface area (TPSA) is 40.5 Å². The number of hydrogen-bond donors (Lipinski definition) is 1. The van der Waals surface area contributed by atoms with Gasteiger partial charge >= 0.3 is 0 Å². The Kier molecular flexibility index (Phi) is 2.39. The highest BCUT2D eigenvalue weighted by molar-refractivity contribution is 5.84. The van der Waals surface area contributed by atoms with Gasteiger partial charge in [0.05, 0.1) is 6.54 Å². The van der Waals surface area contributed by atoms with E-state index in [4.69, 9.17) is 5.11 Å². The number of aromatic hydroxyl groups is 1. The Balaban J connectivity index is 2.14. The van der Waals surface area contributed by atoms with Gasteiger partial charge in [-0.2, -0.15) is 0 Å². The van der Waals surface area contributed by atoms with E-state index in [1.54, 1.807) is 12.1 Å². The van der Waals surface area contributed by atoms with Gasteiger partial charge in [-0.25, -0.2) is 0 Å². The molecule has 3 nitrogen and oxygen atoms in total. The molecular formula is C11H13NO2. The Labute approximate surface area is 83.0 Å². The van der Waals surface area contributed by atoms with Gasteiger partial charge in [0.15, 0.2) is 5.78 Å². The average Bonchev–Trinajstić information content (AvgIpc) is 2.19. The van der Waals surface area contributed by atoms with E-state index in [0.717, 1.165) is 18.7 Å². The van der Waals surface area contributed by atoms with Gasteiger partial charge in [0.2, 0.25) is 0 Å². The minimum absolute atomic E-state index is 0.261. The van der Waals surface area contributed by atoms with Crippen molar-refractivity contribution in [2.24, 2.45) is 0 Å². The number of carbonyl (C=O) groups excluding carboxylic acids is 1. The molecule has 0 aliphatic carbocycles. The molecule has 1 saturated heterocycles. The molecule has 0 amide bonds. The molecule has 0 bridgehead atoms. The third kappa shape index (κ3) is 1.87. The highest BCUT2D eigenvalue weighted by Crippen LogP contribution is 2.20. The SMILES string of the molecule is O=C1CCCN(c2ccc(O)cc2)C1. The molecule has 0 aromatic heterocycles. The summed E-state index contributed by atoms with van der Waals surface area (Å²) in [7, 11) is 0. The lowest BCUT2D eigenvalue weighted by Gasteiger charge is -2.27. The minimum Gasteiger partial charge on any atom is -0.508 e. The van der Waals surface area contributed by atoms with E-state index in [9.17, 15) is 4.79 Å². The van der Waals surface area contributed by atoms with Crippen LogP contribution in [0.5, 0.6) is 5.75 Å². The fraction of sp³-hybridized carbons (Fsp3) is 0.364. The smallest absolute Gasteiger partial charge is 0.152 e. The van der Waals surface area contributed by atoms with E-state index >= 15 is 0 Å². The van der Waals surface area contributed by atoms with Crippen LogP contribution in [0.3, 0.4) is 0 Å². The summed E-state index contributed by atoms with van der Waals surface area (Å²) in [6.07, 6.45) is 1.63. The molecule has 3 heteroatoms. The van der Waals surface area contributed by atoms with E-state index in [2.05, 4.69) is 0 Å². The highest BCUT2D eigenvalue weighted by atomic mass is 16.3. The first-order valence-electron chi connectivity index (χ1n) is 4.81. The lowest BCUT2D eigenvalue weighted by molar-refractivity contribution is -0.118. The van der Waals surface area contributed by atoms with Gasteiger partial charge in [-0.1, -0.05) is 0 Å². The van der Waals surface area contributed by atoms with Crippen LogP contribution in [-0.2, 0) is 4.79 Å². The number of nitrogens with zero attached hydrogens (tertiary/aromatic N) is 1. The predicted molar refractivity (Wildman–Crippen MR) is 54.6 cm³/mol. The first-order chi connectivity index (χ1) is 6.75. The lowest BCUT2D eigenvalue weighted by Crippen LogP contribution is -2.35. The monoisotopic (exact) mass is 191 g/mol. The Morgan fingerprint density at radius 1 is 1.21 bits per heavy atom. The summed E-state index contributed by atoms with van der Waals surface area (Å²) < 4.78 is 0. The van der Waals surface area contributed by atoms with Crippen molar-refractivity contribution in [2.45, 2.75) is 12.8 Å². The van der Waals surface area contributed by atoms with Crippen molar-refractivity contribution in [3.05, 3.63) is 24.3 Å². The number of carbonyl (C=O) groups is 1. The molecule has 74 valence electrons. The third-order valence-corrected chi connectivity index (χ3v) is 2.47. The van der Waals surface area contributed by atoms with Crippen molar-refractivity contribution in [3.63, 3.8) is 0 Å². The van der Waals surface area contributed by atoms with Gasteiger partial charge < -0.3 is 10.0 Å². The van der Waals surface area contributed by atoms with E-state index in [0.29, 0.717) is 18.7 Å². The molecule has 1 heterocycles. The summed E-state index contributed by atoms with van der Waals surface area (Å²) in [6.45, 7) is 1.43. The zero-order chi connectivity index (χ0) is 9.97. The maximum Gasteiger partial charge on any atom is 0.152 e. The number of piperidine rings is 1. The van der Waals surface area contributed by atoms with Crippen LogP contribution in [0.4, 0.5) is 5.69 Å². The van der Waals surface area contributed by atoms with Gasteiger partial charge in [0, 0.05) is 18.7 Å². The highest BCUT2D eigenvalue weighted by Gasteiger charge is 2.16. The van der Waals surface area contributed by atoms with Crippen LogP contribution in [0, 0.1) is 0 Å². The van der Waals surface area contributed by atoms with Crippen LogP contribution in [0.1, 0.15) is 12.8 Å². The second kappa shape index (κ2) is 3.70. The predicted octanol–water partition coefficient (Wildman–Crippen LogP) is 1.56. The van der Waals surface area contributed by atoms with E-state index < -0.39 is 0 Å². The Hall–Kier alpha value is -1.51. The fourth-order valence-corrected chi connectivity index (χ4v) is 1.72. The summed E-state index contributed by atoms with van der Waals surface area (Å²) in [5.74, 6) is 0.557. The van der Waals surface area contributed by atoms with Gasteiger partial charge in [-0.05, 0) is 30.7 Å². The van der Waals surface area contributed by atoms with Crippen molar-refractivity contribution in [2.75, 3.05) is 18.0 Å². The van der Waals surface area contributed by atoms with Crippen LogP contribution < -0.4 is 4.90 Å². The molecule has 14 heavy (non-hydrogen) atoms. The third-order valence-electron chi connectivity index (χ3n) is 2.47. The minimum atomic E-state index is 0.261. The zero-order valence-electron chi connectivity index (χ0n) is 7.94. The number of benzene rings is 1. The molecule has 0 spiro atoms. The molecule has 1 aromatic carbocycles. The van der Waals surface area contributed by atoms with E-state index in [1.807, 2.05) is 17.0 Å². The number of Topliss-reactive ketones (excluding diaryl/α,β-unsaturated/α-hetero) is 1. The Morgan fingerprint density at radius 2 is 1.93 bits per heavy atom. The second-order valence-electron chi connectivity index (χ2n) is 3.58. The lowest BCUT2D eigenvalue weighted by atomic mass is 10.1. The van der Waals surface area contributed by atoms with Crippen LogP contribution in [0.15, 0.2) is 24.3 Å². The number of phenolic OH excluding ortho intramolecular Hbond substituents is 1. The molecule has 2 rings (SSSR count). The number of anilines is 1. The molecule has 1 aliphatic heterocycles. The number of ketones is 1. The van der Waals surface area contributed by atoms with E-state index in [-0.39, 0.29) is 5.75 Å². The Bertz CT molecular complexity index is 332. The fourth-order valence-electron chi connectivity index (χ4n) is 1.72. The summed E-state index contributed by atoms with van der Waals surface area (Å²) in [6, 6.07) is 6.98. The van der Waals surface area contributed by atoms with Gasteiger partial charge in [0.25, 0.3) is 0 Å². The molecule has 0 radical (unpaired) electrons. The first kappa shape index (κ1) is 9.06. The molecule has 0 unspecified atom stereocenters. The van der Waals surface area contributed by atoms with Crippen LogP contribution in [0.2, 0.25) is 0 Å². The normalized spacial score (nSPS) is 17.1. The molecular weight excluding hydrogens is 178 g/mol. The van der Waals surface area contributed by atoms with Crippen LogP contribution in [0.25, 0.3) is 0 Å². The number of phenols is 1. The molecule has 1 aromatic rings. The van der Waals surface area contributed by atoms with Crippen molar-refractivity contribution < 1.29 is 9.90 Å². The van der Waals surface area contributed by atoms with E-state index in [1.165, 1.54) is 0 Å². The van der Waals surface area contributed by atoms with Gasteiger partial charge in [-0.3, -0.25) is 4.79 Å². The maximum absolute atomic E-state index is 11.2. The van der Waals surface area contributed by atoms with Crippen molar-refractivity contribution in [1.82, 2.24) is 0 Å². The van der Waals surface area contributed by atoms with Crippen molar-refractivity contribution in [3.8, 4) is 5.75 Å². The molecule has 0 atom stereocenters. The summed E-state index contributed by atoms with van der Waals surface area (Å²) in [4.78, 5) is 13.3. The molecule has 1 aliphatic rings. The number of hydrogen-bond acceptors (Lipinski definition) is 3. The Morgan fingerprint density at radius 3 is 2.57 bits per heavy atom. The maximum atomic E-state index is 11.2. The van der Waals surface area contributed by atoms with Crippen LogP contribution in [-0.4, -0.2) is 24.0 Å². The summed E-state index contributed by atoms with van der Waals surface area (Å²) >= 11 is 0. The molecule has 1 fully saturated rings. The van der Waals surface area contributed by atoms with Gasteiger partial charge in [0.1, 0.15) is 5.75 Å².